The number of nitrogens with one attached hydrogen (secondary N) is 1. The fraction of sp³-hybridized carbons (Fsp3) is 0.600. The molecule has 1 aromatic carbocycles. The molecular weight excluding hydrogens is 346 g/mol. The SMILES string of the molecule is Cc1ccc(OC[C@H](O)CNC(=O)C2CCN(C(=O)N(C)C)CC2)c(C)c1. The lowest BCUT2D eigenvalue weighted by Gasteiger charge is -2.33. The van der Waals surface area contributed by atoms with Crippen molar-refractivity contribution in [1.29, 1.82) is 0 Å². The fourth-order valence-electron chi connectivity index (χ4n) is 3.18. The number of ether oxygens (including phenoxy) is 1. The number of aliphatic hydroxyl groups is 1. The molecule has 0 radical (unpaired) electrons. The molecule has 0 saturated carbocycles. The van der Waals surface area contributed by atoms with Crippen LogP contribution in [0.4, 0.5) is 4.79 Å². The summed E-state index contributed by atoms with van der Waals surface area (Å²) in [6, 6.07) is 5.85. The van der Waals surface area contributed by atoms with Gasteiger partial charge in [-0.15, -0.1) is 0 Å². The minimum atomic E-state index is -0.773. The van der Waals surface area contributed by atoms with Crippen LogP contribution in [0, 0.1) is 19.8 Å². The molecule has 2 rings (SSSR count). The molecular formula is C20H31N3O4. The maximum absolute atomic E-state index is 12.3. The molecule has 0 aliphatic carbocycles. The number of hydrogen-bond acceptors (Lipinski definition) is 4. The van der Waals surface area contributed by atoms with E-state index in [1.807, 2.05) is 32.0 Å². The Kier molecular flexibility index (Phi) is 7.47. The van der Waals surface area contributed by atoms with Crippen LogP contribution in [-0.2, 0) is 4.79 Å². The zero-order chi connectivity index (χ0) is 20.0. The van der Waals surface area contributed by atoms with Crippen molar-refractivity contribution in [2.45, 2.75) is 32.8 Å². The highest BCUT2D eigenvalue weighted by Gasteiger charge is 2.28. The molecule has 0 bridgehead atoms. The first-order valence-electron chi connectivity index (χ1n) is 9.40. The van der Waals surface area contributed by atoms with Crippen LogP contribution < -0.4 is 10.1 Å². The van der Waals surface area contributed by atoms with E-state index in [1.54, 1.807) is 23.9 Å². The van der Waals surface area contributed by atoms with Crippen LogP contribution in [0.5, 0.6) is 5.75 Å². The first kappa shape index (κ1) is 21.0. The van der Waals surface area contributed by atoms with Gasteiger partial charge in [-0.05, 0) is 38.3 Å². The van der Waals surface area contributed by atoms with E-state index < -0.39 is 6.10 Å². The molecule has 1 aliphatic heterocycles. The van der Waals surface area contributed by atoms with E-state index in [0.717, 1.165) is 16.9 Å². The van der Waals surface area contributed by atoms with Crippen molar-refractivity contribution in [2.24, 2.45) is 5.92 Å². The van der Waals surface area contributed by atoms with Gasteiger partial charge in [-0.25, -0.2) is 4.79 Å². The molecule has 3 amide bonds. The summed E-state index contributed by atoms with van der Waals surface area (Å²) in [6.45, 7) is 5.41. The highest BCUT2D eigenvalue weighted by atomic mass is 16.5. The summed E-state index contributed by atoms with van der Waals surface area (Å²) in [6.07, 6.45) is 0.506. The number of benzene rings is 1. The summed E-state index contributed by atoms with van der Waals surface area (Å²) in [7, 11) is 3.45. The Balaban J connectivity index is 1.70. The quantitative estimate of drug-likeness (QED) is 0.788. The molecule has 0 spiro atoms. The van der Waals surface area contributed by atoms with Gasteiger partial charge >= 0.3 is 6.03 Å². The Labute approximate surface area is 161 Å². The van der Waals surface area contributed by atoms with Crippen LogP contribution in [0.15, 0.2) is 18.2 Å². The molecule has 1 aliphatic rings. The number of urea groups is 1. The second-order valence-electron chi connectivity index (χ2n) is 7.42. The van der Waals surface area contributed by atoms with Gasteiger partial charge in [-0.2, -0.15) is 0 Å². The first-order valence-corrected chi connectivity index (χ1v) is 9.40. The summed E-state index contributed by atoms with van der Waals surface area (Å²) in [5.74, 6) is 0.546. The summed E-state index contributed by atoms with van der Waals surface area (Å²) < 4.78 is 5.64. The van der Waals surface area contributed by atoms with Gasteiger partial charge in [0.2, 0.25) is 5.91 Å². The monoisotopic (exact) mass is 377 g/mol. The third-order valence-electron chi connectivity index (χ3n) is 4.79. The Morgan fingerprint density at radius 3 is 2.56 bits per heavy atom. The second-order valence-corrected chi connectivity index (χ2v) is 7.42. The third-order valence-corrected chi connectivity index (χ3v) is 4.79. The topological polar surface area (TPSA) is 82.1 Å². The van der Waals surface area contributed by atoms with E-state index >= 15 is 0 Å². The number of carbonyl (C=O) groups excluding carboxylic acids is 2. The summed E-state index contributed by atoms with van der Waals surface area (Å²) in [5.41, 5.74) is 2.18. The van der Waals surface area contributed by atoms with Crippen molar-refractivity contribution in [3.63, 3.8) is 0 Å². The second kappa shape index (κ2) is 9.60. The molecule has 0 aromatic heterocycles. The van der Waals surface area contributed by atoms with Crippen molar-refractivity contribution in [1.82, 2.24) is 15.1 Å². The normalized spacial score (nSPS) is 16.0. The van der Waals surface area contributed by atoms with Crippen molar-refractivity contribution in [2.75, 3.05) is 40.3 Å². The molecule has 7 heteroatoms. The smallest absolute Gasteiger partial charge is 0.319 e. The van der Waals surface area contributed by atoms with Gasteiger partial charge in [0, 0.05) is 39.6 Å². The van der Waals surface area contributed by atoms with Crippen molar-refractivity contribution >= 4 is 11.9 Å². The third kappa shape index (κ3) is 6.13. The molecule has 27 heavy (non-hydrogen) atoms. The van der Waals surface area contributed by atoms with Crippen LogP contribution in [0.1, 0.15) is 24.0 Å². The number of hydrogen-bond donors (Lipinski definition) is 2. The Morgan fingerprint density at radius 1 is 1.30 bits per heavy atom. The van der Waals surface area contributed by atoms with Gasteiger partial charge in [0.15, 0.2) is 0 Å². The van der Waals surface area contributed by atoms with Gasteiger partial charge in [-0.1, -0.05) is 17.7 Å². The Hall–Kier alpha value is -2.28. The number of amides is 3. The number of piperidine rings is 1. The average Bonchev–Trinajstić information content (AvgIpc) is 2.64. The molecule has 7 nitrogen and oxygen atoms in total. The lowest BCUT2D eigenvalue weighted by Crippen LogP contribution is -2.47. The largest absolute Gasteiger partial charge is 0.491 e. The van der Waals surface area contributed by atoms with Gasteiger partial charge in [-0.3, -0.25) is 4.79 Å². The molecule has 1 saturated heterocycles. The van der Waals surface area contributed by atoms with Gasteiger partial charge < -0.3 is 25.0 Å². The number of rotatable bonds is 6. The van der Waals surface area contributed by atoms with E-state index in [-0.39, 0.29) is 31.0 Å². The highest BCUT2D eigenvalue weighted by Crippen LogP contribution is 2.19. The highest BCUT2D eigenvalue weighted by molar-refractivity contribution is 5.79. The lowest BCUT2D eigenvalue weighted by atomic mass is 9.96. The van der Waals surface area contributed by atoms with Gasteiger partial charge in [0.25, 0.3) is 0 Å². The van der Waals surface area contributed by atoms with Crippen LogP contribution in [0.3, 0.4) is 0 Å². The predicted molar refractivity (Wildman–Crippen MR) is 104 cm³/mol. The average molecular weight is 377 g/mol. The molecule has 1 fully saturated rings. The van der Waals surface area contributed by atoms with E-state index in [0.29, 0.717) is 25.9 Å². The summed E-state index contributed by atoms with van der Waals surface area (Å²) in [5, 5.41) is 12.9. The van der Waals surface area contributed by atoms with Crippen LogP contribution in [0.25, 0.3) is 0 Å². The lowest BCUT2D eigenvalue weighted by molar-refractivity contribution is -0.126. The minimum Gasteiger partial charge on any atom is -0.491 e. The van der Waals surface area contributed by atoms with Gasteiger partial charge in [0.05, 0.1) is 0 Å². The molecule has 1 heterocycles. The van der Waals surface area contributed by atoms with E-state index in [4.69, 9.17) is 4.74 Å². The summed E-state index contributed by atoms with van der Waals surface area (Å²) in [4.78, 5) is 27.5. The van der Waals surface area contributed by atoms with E-state index in [2.05, 4.69) is 5.32 Å². The van der Waals surface area contributed by atoms with E-state index in [1.165, 1.54) is 0 Å². The predicted octanol–water partition coefficient (Wildman–Crippen LogP) is 1.55. The van der Waals surface area contributed by atoms with Gasteiger partial charge in [0.1, 0.15) is 18.5 Å². The Morgan fingerprint density at radius 2 is 1.96 bits per heavy atom. The van der Waals surface area contributed by atoms with Crippen LogP contribution in [0.2, 0.25) is 0 Å². The molecule has 2 N–H and O–H groups in total. The fourth-order valence-corrected chi connectivity index (χ4v) is 3.18. The maximum atomic E-state index is 12.3. The summed E-state index contributed by atoms with van der Waals surface area (Å²) >= 11 is 0. The first-order chi connectivity index (χ1) is 12.8. The van der Waals surface area contributed by atoms with E-state index in [9.17, 15) is 14.7 Å². The number of nitrogens with zero attached hydrogens (tertiary/aromatic N) is 2. The molecule has 1 atom stereocenters. The zero-order valence-corrected chi connectivity index (χ0v) is 16.7. The number of aliphatic hydroxyl groups excluding tert-OH is 1. The van der Waals surface area contributed by atoms with Crippen molar-refractivity contribution in [3.8, 4) is 5.75 Å². The molecule has 1 aromatic rings. The van der Waals surface area contributed by atoms with Crippen LogP contribution in [-0.4, -0.2) is 73.3 Å². The van der Waals surface area contributed by atoms with Crippen LogP contribution >= 0.6 is 0 Å². The van der Waals surface area contributed by atoms with Crippen molar-refractivity contribution in [3.05, 3.63) is 29.3 Å². The minimum absolute atomic E-state index is 0.0205. The standard InChI is InChI=1S/C20H31N3O4/c1-14-5-6-18(15(2)11-14)27-13-17(24)12-21-19(25)16-7-9-23(10-8-16)20(26)22(3)4/h5-6,11,16-17,24H,7-10,12-13H2,1-4H3,(H,21,25)/t17-/m1/s1. The Bertz CT molecular complexity index is 655. The molecule has 0 unspecified atom stereocenters. The number of aryl methyl sites for hydroxylation is 2. The number of carbonyl (C=O) groups is 2. The van der Waals surface area contributed by atoms with Crippen molar-refractivity contribution < 1.29 is 19.4 Å². The zero-order valence-electron chi connectivity index (χ0n) is 16.7. The maximum Gasteiger partial charge on any atom is 0.319 e. The molecule has 150 valence electrons. The number of likely N-dealkylation sites (tertiary alicyclic amines) is 1.